The van der Waals surface area contributed by atoms with Crippen LogP contribution in [0.15, 0.2) is 48.7 Å². The summed E-state index contributed by atoms with van der Waals surface area (Å²) < 4.78 is 5.39. The number of ether oxygens (including phenoxy) is 1. The molecule has 3 aliphatic rings. The monoisotopic (exact) mass is 499 g/mol. The third-order valence-corrected chi connectivity index (χ3v) is 7.45. The van der Waals surface area contributed by atoms with Gasteiger partial charge in [-0.2, -0.15) is 0 Å². The Bertz CT molecular complexity index is 1400. The van der Waals surface area contributed by atoms with E-state index in [-0.39, 0.29) is 35.3 Å². The molecule has 2 aromatic heterocycles. The maximum absolute atomic E-state index is 13.6. The lowest BCUT2D eigenvalue weighted by Crippen LogP contribution is -2.46. The second kappa shape index (κ2) is 8.85. The number of carbonyl (C=O) groups is 3. The van der Waals surface area contributed by atoms with Gasteiger partial charge in [-0.1, -0.05) is 25.1 Å². The fourth-order valence-corrected chi connectivity index (χ4v) is 5.47. The van der Waals surface area contributed by atoms with E-state index in [9.17, 15) is 14.4 Å². The molecule has 3 N–H and O–H groups in total. The molecule has 37 heavy (non-hydrogen) atoms. The summed E-state index contributed by atoms with van der Waals surface area (Å²) in [5.41, 5.74) is 4.30. The van der Waals surface area contributed by atoms with Crippen molar-refractivity contribution in [3.8, 4) is 11.3 Å². The van der Waals surface area contributed by atoms with E-state index in [1.54, 1.807) is 17.2 Å². The van der Waals surface area contributed by atoms with Crippen molar-refractivity contribution in [1.82, 2.24) is 14.9 Å². The predicted molar refractivity (Wildman–Crippen MR) is 138 cm³/mol. The summed E-state index contributed by atoms with van der Waals surface area (Å²) in [6.45, 7) is 4.20. The highest BCUT2D eigenvalue weighted by molar-refractivity contribution is 6.08. The average Bonchev–Trinajstić information content (AvgIpc) is 3.34. The molecule has 2 saturated heterocycles. The van der Waals surface area contributed by atoms with E-state index in [1.807, 2.05) is 36.4 Å². The molecule has 6 rings (SSSR count). The Labute approximate surface area is 214 Å². The Balaban J connectivity index is 1.32. The zero-order valence-corrected chi connectivity index (χ0v) is 20.8. The van der Waals surface area contributed by atoms with Crippen LogP contribution in [-0.4, -0.2) is 51.3 Å². The number of nitrogens with zero attached hydrogens (tertiary/aromatic N) is 2. The number of likely N-dealkylation sites (tertiary alicyclic amines) is 1. The number of para-hydroxylation sites is 1. The molecule has 2 amide bonds. The quantitative estimate of drug-likeness (QED) is 0.418. The molecule has 1 aromatic carbocycles. The van der Waals surface area contributed by atoms with Crippen LogP contribution in [0.3, 0.4) is 0 Å². The van der Waals surface area contributed by atoms with Crippen LogP contribution in [0.25, 0.3) is 11.3 Å². The number of ketones is 1. The molecule has 2 aliphatic heterocycles. The maximum Gasteiger partial charge on any atom is 0.224 e. The van der Waals surface area contributed by atoms with E-state index >= 15 is 0 Å². The Kier molecular flexibility index (Phi) is 5.60. The fraction of sp³-hybridized carbons (Fsp3) is 0.357. The first kappa shape index (κ1) is 23.4. The van der Waals surface area contributed by atoms with Gasteiger partial charge in [0.05, 0.1) is 23.5 Å². The van der Waals surface area contributed by atoms with Gasteiger partial charge in [0.25, 0.3) is 0 Å². The number of carbonyl (C=O) groups excluding carboxylic acids is 3. The molecule has 0 saturated carbocycles. The summed E-state index contributed by atoms with van der Waals surface area (Å²) in [7, 11) is 0. The molecule has 3 unspecified atom stereocenters. The Hall–Kier alpha value is -3.98. The number of rotatable bonds is 7. The SMILES string of the molecule is CC(=O)Nc1cc(-c2[nH]c3c(c2Nc2ccccc2)C(=O)CC(C)(CCC(=O)N2CC4OC42)C3)ccn1. The topological polar surface area (TPSA) is 120 Å². The van der Waals surface area contributed by atoms with Crippen molar-refractivity contribution in [1.29, 1.82) is 0 Å². The van der Waals surface area contributed by atoms with Gasteiger partial charge < -0.3 is 25.3 Å². The molecule has 3 aromatic rings. The number of fused-ring (bicyclic) bond motifs is 2. The minimum atomic E-state index is -0.333. The number of hydrogen-bond acceptors (Lipinski definition) is 6. The van der Waals surface area contributed by atoms with E-state index < -0.39 is 0 Å². The summed E-state index contributed by atoms with van der Waals surface area (Å²) in [6, 6.07) is 13.3. The molecule has 0 bridgehead atoms. The van der Waals surface area contributed by atoms with Crippen LogP contribution in [0, 0.1) is 5.41 Å². The number of hydrogen-bond donors (Lipinski definition) is 3. The van der Waals surface area contributed by atoms with Crippen LogP contribution in [0.4, 0.5) is 17.2 Å². The summed E-state index contributed by atoms with van der Waals surface area (Å²) in [5.74, 6) is 0.369. The van der Waals surface area contributed by atoms with Gasteiger partial charge in [0.1, 0.15) is 11.9 Å². The molecule has 3 atom stereocenters. The van der Waals surface area contributed by atoms with Crippen molar-refractivity contribution >= 4 is 34.8 Å². The first-order valence-corrected chi connectivity index (χ1v) is 12.6. The van der Waals surface area contributed by atoms with Crippen molar-refractivity contribution < 1.29 is 19.1 Å². The minimum Gasteiger partial charge on any atom is -0.356 e. The van der Waals surface area contributed by atoms with Crippen molar-refractivity contribution in [2.45, 2.75) is 51.9 Å². The van der Waals surface area contributed by atoms with Crippen molar-refractivity contribution in [2.24, 2.45) is 5.41 Å². The fourth-order valence-electron chi connectivity index (χ4n) is 5.47. The maximum atomic E-state index is 13.6. The molecule has 0 spiro atoms. The van der Waals surface area contributed by atoms with Crippen LogP contribution in [0.5, 0.6) is 0 Å². The second-order valence-corrected chi connectivity index (χ2v) is 10.5. The Morgan fingerprint density at radius 1 is 1.22 bits per heavy atom. The van der Waals surface area contributed by atoms with Crippen LogP contribution in [0.2, 0.25) is 0 Å². The van der Waals surface area contributed by atoms with Gasteiger partial charge >= 0.3 is 0 Å². The second-order valence-electron chi connectivity index (χ2n) is 10.5. The lowest BCUT2D eigenvalue weighted by atomic mass is 9.71. The number of anilines is 3. The molecule has 190 valence electrons. The highest BCUT2D eigenvalue weighted by Gasteiger charge is 2.56. The number of aromatic amines is 1. The van der Waals surface area contributed by atoms with E-state index in [2.05, 4.69) is 27.5 Å². The number of amides is 2. The number of H-pyrrole nitrogens is 1. The first-order chi connectivity index (χ1) is 17.8. The zero-order valence-electron chi connectivity index (χ0n) is 20.8. The zero-order chi connectivity index (χ0) is 25.7. The van der Waals surface area contributed by atoms with Gasteiger partial charge in [-0.3, -0.25) is 14.4 Å². The van der Waals surface area contributed by atoms with E-state index in [0.717, 1.165) is 22.6 Å². The largest absolute Gasteiger partial charge is 0.356 e. The Morgan fingerprint density at radius 3 is 2.73 bits per heavy atom. The lowest BCUT2D eigenvalue weighted by molar-refractivity contribution is -0.135. The summed E-state index contributed by atoms with van der Waals surface area (Å²) >= 11 is 0. The summed E-state index contributed by atoms with van der Waals surface area (Å²) in [6.07, 6.45) is 3.90. The van der Waals surface area contributed by atoms with Gasteiger partial charge in [0.15, 0.2) is 12.0 Å². The highest BCUT2D eigenvalue weighted by Crippen LogP contribution is 2.46. The number of pyridine rings is 1. The third kappa shape index (κ3) is 4.51. The smallest absolute Gasteiger partial charge is 0.224 e. The number of aromatic nitrogens is 2. The van der Waals surface area contributed by atoms with Gasteiger partial charge in [-0.15, -0.1) is 0 Å². The molecular weight excluding hydrogens is 470 g/mol. The van der Waals surface area contributed by atoms with Gasteiger partial charge in [-0.05, 0) is 42.5 Å². The molecule has 2 fully saturated rings. The highest BCUT2D eigenvalue weighted by atomic mass is 16.6. The molecule has 4 heterocycles. The van der Waals surface area contributed by atoms with Crippen LogP contribution >= 0.6 is 0 Å². The Morgan fingerprint density at radius 2 is 2.03 bits per heavy atom. The standard InChI is InChI=1S/C28H29N5O4/c1-16(34)30-22-12-17(9-11-29-22)25-26(31-18-6-4-3-5-7-18)24-19(32-25)13-28(2,14-20(24)35)10-8-23(36)33-15-21-27(33)37-21/h3-7,9,11-12,21,27,31-32H,8,10,13-15H2,1-2H3,(H,29,30,34). The summed E-state index contributed by atoms with van der Waals surface area (Å²) in [5, 5.41) is 6.18. The van der Waals surface area contributed by atoms with E-state index in [4.69, 9.17) is 4.74 Å². The lowest BCUT2D eigenvalue weighted by Gasteiger charge is -2.34. The van der Waals surface area contributed by atoms with Crippen LogP contribution < -0.4 is 10.6 Å². The number of benzene rings is 1. The van der Waals surface area contributed by atoms with Gasteiger partial charge in [0.2, 0.25) is 11.8 Å². The molecule has 0 radical (unpaired) electrons. The van der Waals surface area contributed by atoms with Gasteiger partial charge in [0, 0.05) is 42.9 Å². The van der Waals surface area contributed by atoms with Crippen molar-refractivity contribution in [2.75, 3.05) is 17.2 Å². The molecular formula is C28H29N5O4. The summed E-state index contributed by atoms with van der Waals surface area (Å²) in [4.78, 5) is 47.4. The molecule has 9 heteroatoms. The van der Waals surface area contributed by atoms with Crippen LogP contribution in [-0.2, 0) is 20.7 Å². The van der Waals surface area contributed by atoms with Crippen molar-refractivity contribution in [3.63, 3.8) is 0 Å². The average molecular weight is 500 g/mol. The third-order valence-electron chi connectivity index (χ3n) is 7.45. The minimum absolute atomic E-state index is 0.0137. The first-order valence-electron chi connectivity index (χ1n) is 12.6. The van der Waals surface area contributed by atoms with E-state index in [1.165, 1.54) is 6.92 Å². The van der Waals surface area contributed by atoms with Crippen LogP contribution in [0.1, 0.15) is 49.2 Å². The number of nitrogens with one attached hydrogen (secondary N) is 3. The predicted octanol–water partition coefficient (Wildman–Crippen LogP) is 4.26. The van der Waals surface area contributed by atoms with E-state index in [0.29, 0.717) is 49.3 Å². The normalized spacial score (nSPS) is 23.5. The van der Waals surface area contributed by atoms with Crippen molar-refractivity contribution in [3.05, 3.63) is 59.9 Å². The van der Waals surface area contributed by atoms with Gasteiger partial charge in [-0.25, -0.2) is 4.98 Å². The molecule has 9 nitrogen and oxygen atoms in total. The number of Topliss-reactive ketones (excluding diaryl/α,β-unsaturated/α-hetero) is 1. The molecule has 1 aliphatic carbocycles. The number of epoxide rings is 1.